The second kappa shape index (κ2) is 9.76. The van der Waals surface area contributed by atoms with E-state index in [1.165, 1.54) is 4.57 Å². The zero-order valence-electron chi connectivity index (χ0n) is 20.7. The Morgan fingerprint density at radius 2 is 1.76 bits per heavy atom. The van der Waals surface area contributed by atoms with Gasteiger partial charge in [0.2, 0.25) is 5.91 Å². The van der Waals surface area contributed by atoms with Crippen LogP contribution in [0.25, 0.3) is 0 Å². The first kappa shape index (κ1) is 27.1. The maximum Gasteiger partial charge on any atom is 0.434 e. The number of imidazole rings is 1. The highest BCUT2D eigenvalue weighted by atomic mass is 19.4. The highest BCUT2D eigenvalue weighted by Crippen LogP contribution is 2.46. The molecular formula is C23H29F6N7O. The lowest BCUT2D eigenvalue weighted by Gasteiger charge is -2.36. The van der Waals surface area contributed by atoms with Gasteiger partial charge in [-0.3, -0.25) is 4.79 Å². The molecule has 0 bridgehead atoms. The first-order valence-electron chi connectivity index (χ1n) is 12.0. The fourth-order valence-corrected chi connectivity index (χ4v) is 4.78. The van der Waals surface area contributed by atoms with Crippen molar-refractivity contribution < 1.29 is 31.1 Å². The molecule has 1 atom stereocenters. The van der Waals surface area contributed by atoms with Gasteiger partial charge in [0.15, 0.2) is 5.69 Å². The van der Waals surface area contributed by atoms with Gasteiger partial charge in [-0.05, 0) is 33.6 Å². The van der Waals surface area contributed by atoms with Crippen molar-refractivity contribution in [3.05, 3.63) is 29.6 Å². The van der Waals surface area contributed by atoms with Gasteiger partial charge in [-0.2, -0.15) is 26.3 Å². The number of hydrogen-bond acceptors (Lipinski definition) is 6. The zero-order chi connectivity index (χ0) is 27.2. The minimum atomic E-state index is -4.66. The maximum atomic E-state index is 13.8. The smallest absolute Gasteiger partial charge is 0.356 e. The fourth-order valence-electron chi connectivity index (χ4n) is 4.78. The van der Waals surface area contributed by atoms with Crippen LogP contribution in [0.1, 0.15) is 69.0 Å². The van der Waals surface area contributed by atoms with Crippen LogP contribution in [0, 0.1) is 0 Å². The van der Waals surface area contributed by atoms with E-state index >= 15 is 0 Å². The summed E-state index contributed by atoms with van der Waals surface area (Å²) >= 11 is 0. The fraction of sp³-hybridized carbons (Fsp3) is 0.652. The average Bonchev–Trinajstić information content (AvgIpc) is 3.21. The van der Waals surface area contributed by atoms with Gasteiger partial charge in [-0.15, -0.1) is 0 Å². The predicted octanol–water partition coefficient (Wildman–Crippen LogP) is 4.45. The molecule has 0 radical (unpaired) electrons. The van der Waals surface area contributed by atoms with Crippen LogP contribution in [0.5, 0.6) is 0 Å². The molecule has 1 fully saturated rings. The number of rotatable bonds is 5. The Kier molecular flexibility index (Phi) is 7.16. The Morgan fingerprint density at radius 1 is 1.08 bits per heavy atom. The number of amides is 1. The lowest BCUT2D eigenvalue weighted by Crippen LogP contribution is -2.39. The molecule has 14 heteroatoms. The van der Waals surface area contributed by atoms with Crippen molar-refractivity contribution in [1.82, 2.24) is 24.8 Å². The number of nitrogens with one attached hydrogen (secondary N) is 2. The van der Waals surface area contributed by atoms with Gasteiger partial charge in [-0.1, -0.05) is 0 Å². The van der Waals surface area contributed by atoms with E-state index in [2.05, 4.69) is 25.6 Å². The van der Waals surface area contributed by atoms with Crippen molar-refractivity contribution in [2.45, 2.75) is 76.3 Å². The van der Waals surface area contributed by atoms with Gasteiger partial charge in [0, 0.05) is 50.3 Å². The summed E-state index contributed by atoms with van der Waals surface area (Å²) in [7, 11) is 0. The largest absolute Gasteiger partial charge is 0.434 e. The molecule has 1 unspecified atom stereocenters. The molecule has 0 aromatic carbocycles. The standard InChI is InChI=1S/C23H29F6N7O/c1-21(2,3)32-6-9-36-11-15(23(27,28)29)33-19(36)13-4-7-35(8-5-13)20-17-14(22(24,25)26)10-16(37)34-18(17)30-12-31-20/h11-14,32H,4-10H2,1-3H3,(H,30,31,34,37). The summed E-state index contributed by atoms with van der Waals surface area (Å²) in [6, 6.07) is 0. The van der Waals surface area contributed by atoms with Crippen molar-refractivity contribution in [2.24, 2.45) is 0 Å². The number of hydrogen-bond donors (Lipinski definition) is 2. The van der Waals surface area contributed by atoms with Crippen LogP contribution in [-0.2, 0) is 17.5 Å². The summed E-state index contributed by atoms with van der Waals surface area (Å²) in [6.45, 7) is 7.14. The monoisotopic (exact) mass is 533 g/mol. The highest BCUT2D eigenvalue weighted by molar-refractivity contribution is 5.94. The minimum Gasteiger partial charge on any atom is -0.356 e. The maximum absolute atomic E-state index is 13.8. The molecule has 1 saturated heterocycles. The molecule has 204 valence electrons. The molecule has 0 spiro atoms. The van der Waals surface area contributed by atoms with E-state index in [4.69, 9.17) is 0 Å². The van der Waals surface area contributed by atoms with Gasteiger partial charge in [0.1, 0.15) is 23.8 Å². The molecule has 2 aromatic rings. The Hall–Kier alpha value is -2.90. The number of aromatic nitrogens is 4. The third-order valence-corrected chi connectivity index (χ3v) is 6.52. The molecule has 2 aliphatic heterocycles. The van der Waals surface area contributed by atoms with E-state index in [9.17, 15) is 31.1 Å². The molecule has 2 aromatic heterocycles. The lowest BCUT2D eigenvalue weighted by molar-refractivity contribution is -0.156. The minimum absolute atomic E-state index is 0.0828. The molecule has 4 rings (SSSR count). The first-order chi connectivity index (χ1) is 17.1. The van der Waals surface area contributed by atoms with Crippen LogP contribution in [0.4, 0.5) is 38.0 Å². The molecule has 0 saturated carbocycles. The topological polar surface area (TPSA) is 88.0 Å². The highest BCUT2D eigenvalue weighted by Gasteiger charge is 2.48. The third kappa shape index (κ3) is 6.16. The van der Waals surface area contributed by atoms with E-state index in [0.29, 0.717) is 31.8 Å². The van der Waals surface area contributed by atoms with Crippen molar-refractivity contribution in [1.29, 1.82) is 0 Å². The van der Waals surface area contributed by atoms with Crippen LogP contribution in [0.3, 0.4) is 0 Å². The number of piperidine rings is 1. The molecule has 2 aliphatic rings. The van der Waals surface area contributed by atoms with Gasteiger partial charge in [-0.25, -0.2) is 15.0 Å². The van der Waals surface area contributed by atoms with Gasteiger partial charge >= 0.3 is 12.4 Å². The normalized spacial score (nSPS) is 19.6. The number of halogens is 6. The Labute approximate surface area is 209 Å². The summed E-state index contributed by atoms with van der Waals surface area (Å²) in [5.41, 5.74) is -1.35. The van der Waals surface area contributed by atoms with Gasteiger partial charge < -0.3 is 20.1 Å². The molecule has 4 heterocycles. The van der Waals surface area contributed by atoms with E-state index in [1.807, 2.05) is 20.8 Å². The summed E-state index contributed by atoms with van der Waals surface area (Å²) in [6.07, 6.45) is -7.13. The molecule has 1 amide bonds. The Balaban J connectivity index is 1.55. The number of carbonyl (C=O) groups excluding carboxylic acids is 1. The van der Waals surface area contributed by atoms with Crippen molar-refractivity contribution in [2.75, 3.05) is 29.9 Å². The second-order valence-electron chi connectivity index (χ2n) is 10.4. The van der Waals surface area contributed by atoms with E-state index in [-0.39, 0.29) is 41.7 Å². The summed E-state index contributed by atoms with van der Waals surface area (Å²) in [5, 5.41) is 5.64. The van der Waals surface area contributed by atoms with E-state index in [0.717, 1.165) is 12.5 Å². The SMILES string of the molecule is CC(C)(C)NCCn1cc(C(F)(F)F)nc1C1CCN(c2ncnc3c2C(C(F)(F)F)CC(=O)N3)CC1. The van der Waals surface area contributed by atoms with Crippen LogP contribution < -0.4 is 15.5 Å². The number of alkyl halides is 6. The molecule has 37 heavy (non-hydrogen) atoms. The predicted molar refractivity (Wildman–Crippen MR) is 123 cm³/mol. The van der Waals surface area contributed by atoms with Crippen molar-refractivity contribution >= 4 is 17.5 Å². The summed E-state index contributed by atoms with van der Waals surface area (Å²) in [4.78, 5) is 25.4. The Morgan fingerprint density at radius 3 is 2.35 bits per heavy atom. The third-order valence-electron chi connectivity index (χ3n) is 6.52. The molecule has 8 nitrogen and oxygen atoms in total. The van der Waals surface area contributed by atoms with Gasteiger partial charge in [0.25, 0.3) is 0 Å². The van der Waals surface area contributed by atoms with Crippen LogP contribution in [0.2, 0.25) is 0 Å². The average molecular weight is 534 g/mol. The summed E-state index contributed by atoms with van der Waals surface area (Å²) in [5.74, 6) is -2.88. The van der Waals surface area contributed by atoms with Gasteiger partial charge in [0.05, 0.1) is 11.5 Å². The van der Waals surface area contributed by atoms with Crippen molar-refractivity contribution in [3.63, 3.8) is 0 Å². The number of fused-ring (bicyclic) bond motifs is 1. The number of anilines is 2. The molecule has 0 aliphatic carbocycles. The van der Waals surface area contributed by atoms with Crippen molar-refractivity contribution in [3.8, 4) is 0 Å². The quantitative estimate of drug-likeness (QED) is 0.553. The van der Waals surface area contributed by atoms with E-state index in [1.54, 1.807) is 4.90 Å². The number of carbonyl (C=O) groups is 1. The van der Waals surface area contributed by atoms with Crippen LogP contribution >= 0.6 is 0 Å². The van der Waals surface area contributed by atoms with Crippen LogP contribution in [0.15, 0.2) is 12.5 Å². The lowest BCUT2D eigenvalue weighted by atomic mass is 9.90. The first-order valence-corrected chi connectivity index (χ1v) is 12.0. The molecule has 2 N–H and O–H groups in total. The van der Waals surface area contributed by atoms with E-state index < -0.39 is 36.3 Å². The second-order valence-corrected chi connectivity index (χ2v) is 10.4. The van der Waals surface area contributed by atoms with Crippen LogP contribution in [-0.4, -0.2) is 56.8 Å². The Bertz CT molecular complexity index is 1130. The zero-order valence-corrected chi connectivity index (χ0v) is 20.7. The molecular weight excluding hydrogens is 504 g/mol. The summed E-state index contributed by atoms with van der Waals surface area (Å²) < 4.78 is 83.1. The number of nitrogens with zero attached hydrogens (tertiary/aromatic N) is 5.